The minimum atomic E-state index is 0.0831. The van der Waals surface area contributed by atoms with Gasteiger partial charge in [0.05, 0.1) is 5.39 Å². The second kappa shape index (κ2) is 8.07. The molecule has 1 fully saturated rings. The van der Waals surface area contributed by atoms with Crippen LogP contribution in [0.1, 0.15) is 19.3 Å². The number of hydrogen-bond acceptors (Lipinski definition) is 5. The van der Waals surface area contributed by atoms with Crippen molar-refractivity contribution in [3.05, 3.63) is 48.9 Å². The number of H-pyrrole nitrogens is 1. The second-order valence-electron chi connectivity index (χ2n) is 6.83. The summed E-state index contributed by atoms with van der Waals surface area (Å²) < 4.78 is 0. The van der Waals surface area contributed by atoms with Gasteiger partial charge in [-0.25, -0.2) is 9.97 Å². The number of carbonyl (C=O) groups excluding carboxylic acids is 1. The number of nitrogens with zero attached hydrogens (tertiary/aromatic N) is 3. The zero-order chi connectivity index (χ0) is 18.5. The van der Waals surface area contributed by atoms with Crippen LogP contribution < -0.4 is 15.5 Å². The number of benzene rings is 1. The van der Waals surface area contributed by atoms with E-state index in [1.807, 2.05) is 42.6 Å². The van der Waals surface area contributed by atoms with Gasteiger partial charge in [0.25, 0.3) is 0 Å². The Kier molecular flexibility index (Phi) is 5.18. The monoisotopic (exact) mass is 364 g/mol. The highest BCUT2D eigenvalue weighted by atomic mass is 16.1. The van der Waals surface area contributed by atoms with Gasteiger partial charge in [0.1, 0.15) is 17.8 Å². The molecule has 27 heavy (non-hydrogen) atoms. The summed E-state index contributed by atoms with van der Waals surface area (Å²) in [4.78, 5) is 26.4. The summed E-state index contributed by atoms with van der Waals surface area (Å²) in [5.41, 5.74) is 1.88. The number of rotatable bonds is 6. The van der Waals surface area contributed by atoms with Crippen LogP contribution in [0.3, 0.4) is 0 Å². The van der Waals surface area contributed by atoms with Crippen LogP contribution in [-0.4, -0.2) is 46.5 Å². The third-order valence-corrected chi connectivity index (χ3v) is 4.87. The molecule has 1 saturated heterocycles. The maximum Gasteiger partial charge on any atom is 0.222 e. The summed E-state index contributed by atoms with van der Waals surface area (Å²) in [6, 6.07) is 12.1. The van der Waals surface area contributed by atoms with Crippen LogP contribution in [-0.2, 0) is 4.79 Å². The van der Waals surface area contributed by atoms with Crippen LogP contribution in [0.5, 0.6) is 0 Å². The summed E-state index contributed by atoms with van der Waals surface area (Å²) in [5.74, 6) is 1.02. The SMILES string of the molecule is O=C(CCNc1ccccc1)N[C@@H]1CCCN(c2ncnc3[nH]ccc23)C1. The molecule has 0 aliphatic carbocycles. The van der Waals surface area contributed by atoms with Crippen LogP contribution in [0.2, 0.25) is 0 Å². The molecule has 0 saturated carbocycles. The lowest BCUT2D eigenvalue weighted by Gasteiger charge is -2.34. The number of aromatic nitrogens is 3. The van der Waals surface area contributed by atoms with Gasteiger partial charge in [-0.15, -0.1) is 0 Å². The van der Waals surface area contributed by atoms with Crippen molar-refractivity contribution in [2.45, 2.75) is 25.3 Å². The molecule has 1 aliphatic rings. The summed E-state index contributed by atoms with van der Waals surface area (Å²) in [6.07, 6.45) is 5.96. The highest BCUT2D eigenvalue weighted by molar-refractivity contribution is 5.87. The lowest BCUT2D eigenvalue weighted by Crippen LogP contribution is -2.48. The third-order valence-electron chi connectivity index (χ3n) is 4.87. The van der Waals surface area contributed by atoms with Crippen molar-refractivity contribution in [3.63, 3.8) is 0 Å². The number of amides is 1. The molecule has 7 nitrogen and oxygen atoms in total. The predicted molar refractivity (Wildman–Crippen MR) is 107 cm³/mol. The number of anilines is 2. The molecule has 1 aliphatic heterocycles. The van der Waals surface area contributed by atoms with Gasteiger partial charge in [-0.1, -0.05) is 18.2 Å². The highest BCUT2D eigenvalue weighted by Gasteiger charge is 2.23. The number of nitrogens with one attached hydrogen (secondary N) is 3. The number of carbonyl (C=O) groups is 1. The van der Waals surface area contributed by atoms with E-state index in [1.165, 1.54) is 0 Å². The van der Waals surface area contributed by atoms with E-state index in [4.69, 9.17) is 0 Å². The number of para-hydroxylation sites is 1. The molecule has 7 heteroatoms. The Labute approximate surface area is 158 Å². The van der Waals surface area contributed by atoms with E-state index >= 15 is 0 Å². The number of hydrogen-bond donors (Lipinski definition) is 3. The Hall–Kier alpha value is -3.09. The van der Waals surface area contributed by atoms with Gasteiger partial charge in [0.15, 0.2) is 0 Å². The van der Waals surface area contributed by atoms with Crippen molar-refractivity contribution in [2.24, 2.45) is 0 Å². The molecule has 3 aromatic rings. The summed E-state index contributed by atoms with van der Waals surface area (Å²) in [7, 11) is 0. The summed E-state index contributed by atoms with van der Waals surface area (Å²) in [6.45, 7) is 2.34. The van der Waals surface area contributed by atoms with Gasteiger partial charge in [-0.2, -0.15) is 0 Å². The first-order valence-corrected chi connectivity index (χ1v) is 9.41. The minimum Gasteiger partial charge on any atom is -0.385 e. The smallest absolute Gasteiger partial charge is 0.222 e. The van der Waals surface area contributed by atoms with Gasteiger partial charge in [0.2, 0.25) is 5.91 Å². The lowest BCUT2D eigenvalue weighted by molar-refractivity contribution is -0.121. The zero-order valence-electron chi connectivity index (χ0n) is 15.2. The van der Waals surface area contributed by atoms with Crippen molar-refractivity contribution in [1.29, 1.82) is 0 Å². The standard InChI is InChI=1S/C20H24N6O/c27-18(9-11-21-15-5-2-1-3-6-15)25-16-7-4-12-26(13-16)20-17-8-10-22-19(17)23-14-24-20/h1-3,5-6,8,10,14,16,21H,4,7,9,11-13H2,(H,25,27)(H,22,23,24)/t16-/m1/s1. The van der Waals surface area contributed by atoms with Gasteiger partial charge >= 0.3 is 0 Å². The molecular formula is C20H24N6O. The van der Waals surface area contributed by atoms with E-state index in [-0.39, 0.29) is 11.9 Å². The molecule has 0 unspecified atom stereocenters. The van der Waals surface area contributed by atoms with Gasteiger partial charge < -0.3 is 20.5 Å². The first-order chi connectivity index (χ1) is 13.3. The quantitative estimate of drug-likeness (QED) is 0.626. The van der Waals surface area contributed by atoms with E-state index in [2.05, 4.69) is 30.5 Å². The van der Waals surface area contributed by atoms with E-state index in [0.717, 1.165) is 48.5 Å². The molecule has 1 aromatic carbocycles. The Morgan fingerprint density at radius 3 is 3.00 bits per heavy atom. The van der Waals surface area contributed by atoms with Crippen LogP contribution in [0.25, 0.3) is 11.0 Å². The van der Waals surface area contributed by atoms with Crippen LogP contribution in [0, 0.1) is 0 Å². The molecule has 140 valence electrons. The molecule has 4 rings (SSSR count). The number of aromatic amines is 1. The first-order valence-electron chi connectivity index (χ1n) is 9.41. The van der Waals surface area contributed by atoms with Crippen LogP contribution >= 0.6 is 0 Å². The lowest BCUT2D eigenvalue weighted by atomic mass is 10.1. The molecule has 3 heterocycles. The summed E-state index contributed by atoms with van der Waals surface area (Å²) in [5, 5.41) is 7.47. The average Bonchev–Trinajstić information content (AvgIpc) is 3.18. The molecule has 1 amide bonds. The maximum atomic E-state index is 12.3. The topological polar surface area (TPSA) is 85.9 Å². The molecule has 3 N–H and O–H groups in total. The van der Waals surface area contributed by atoms with Crippen molar-refractivity contribution in [3.8, 4) is 0 Å². The summed E-state index contributed by atoms with van der Waals surface area (Å²) >= 11 is 0. The fraction of sp³-hybridized carbons (Fsp3) is 0.350. The van der Waals surface area contributed by atoms with Crippen LogP contribution in [0.15, 0.2) is 48.9 Å². The largest absolute Gasteiger partial charge is 0.385 e. The minimum absolute atomic E-state index is 0.0831. The second-order valence-corrected chi connectivity index (χ2v) is 6.83. The average molecular weight is 364 g/mol. The first kappa shape index (κ1) is 17.3. The molecule has 0 spiro atoms. The molecule has 0 radical (unpaired) electrons. The Morgan fingerprint density at radius 1 is 1.22 bits per heavy atom. The van der Waals surface area contributed by atoms with Crippen molar-refractivity contribution in [1.82, 2.24) is 20.3 Å². The number of fused-ring (bicyclic) bond motifs is 1. The van der Waals surface area contributed by atoms with E-state index in [1.54, 1.807) is 6.33 Å². The van der Waals surface area contributed by atoms with Gasteiger partial charge in [-0.3, -0.25) is 4.79 Å². The van der Waals surface area contributed by atoms with Crippen LogP contribution in [0.4, 0.5) is 11.5 Å². The molecule has 0 bridgehead atoms. The molecule has 2 aromatic heterocycles. The van der Waals surface area contributed by atoms with E-state index in [9.17, 15) is 4.79 Å². The van der Waals surface area contributed by atoms with Gasteiger partial charge in [0, 0.05) is 44.0 Å². The fourth-order valence-electron chi connectivity index (χ4n) is 3.57. The Morgan fingerprint density at radius 2 is 2.11 bits per heavy atom. The normalized spacial score (nSPS) is 17.0. The zero-order valence-corrected chi connectivity index (χ0v) is 15.2. The Bertz CT molecular complexity index is 894. The highest BCUT2D eigenvalue weighted by Crippen LogP contribution is 2.25. The van der Waals surface area contributed by atoms with Crippen molar-refractivity contribution < 1.29 is 4.79 Å². The third kappa shape index (κ3) is 4.19. The fourth-order valence-corrected chi connectivity index (χ4v) is 3.57. The van der Waals surface area contributed by atoms with Gasteiger partial charge in [-0.05, 0) is 31.0 Å². The predicted octanol–water partition coefficient (Wildman–Crippen LogP) is 2.55. The Balaban J connectivity index is 1.30. The van der Waals surface area contributed by atoms with Crippen molar-refractivity contribution >= 4 is 28.4 Å². The number of piperidine rings is 1. The maximum absolute atomic E-state index is 12.3. The van der Waals surface area contributed by atoms with E-state index < -0.39 is 0 Å². The van der Waals surface area contributed by atoms with Crippen molar-refractivity contribution in [2.75, 3.05) is 29.9 Å². The molecular weight excluding hydrogens is 340 g/mol. The van der Waals surface area contributed by atoms with E-state index in [0.29, 0.717) is 13.0 Å². The molecule has 1 atom stereocenters.